The van der Waals surface area contributed by atoms with Gasteiger partial charge in [-0.3, -0.25) is 10.3 Å². The van der Waals surface area contributed by atoms with E-state index in [2.05, 4.69) is 10.1 Å². The molecule has 1 heterocycles. The quantitative estimate of drug-likeness (QED) is 0.812. The Balaban J connectivity index is 1.71. The third-order valence-electron chi connectivity index (χ3n) is 4.00. The second-order valence-electron chi connectivity index (χ2n) is 5.78. The first-order valence-corrected chi connectivity index (χ1v) is 7.92. The maximum absolute atomic E-state index is 12.6. The molecular weight excluding hydrogens is 347 g/mol. The highest BCUT2D eigenvalue weighted by Gasteiger charge is 2.34. The van der Waals surface area contributed by atoms with Crippen molar-refractivity contribution < 1.29 is 22.7 Å². The lowest BCUT2D eigenvalue weighted by molar-refractivity contribution is -0.274. The standard InChI is InChI=1S/C18H16F3N3O2/c19-18(20,21)26-14-8-6-13(7-9-14)23-17(25)24-15(10-11-16(24)22)12-4-2-1-3-5-12/h1-9,15,22H,10-11H2,(H,23,25)/t15-/m0/s1. The molecule has 0 aliphatic carbocycles. The lowest BCUT2D eigenvalue weighted by atomic mass is 10.1. The first-order chi connectivity index (χ1) is 12.3. The fourth-order valence-corrected chi connectivity index (χ4v) is 2.89. The number of nitrogens with one attached hydrogen (secondary N) is 2. The predicted molar refractivity (Wildman–Crippen MR) is 90.1 cm³/mol. The molecule has 1 atom stereocenters. The number of nitrogens with zero attached hydrogens (tertiary/aromatic N) is 1. The van der Waals surface area contributed by atoms with Crippen molar-refractivity contribution in [1.82, 2.24) is 4.90 Å². The summed E-state index contributed by atoms with van der Waals surface area (Å²) >= 11 is 0. The van der Waals surface area contributed by atoms with Crippen LogP contribution in [0.1, 0.15) is 24.4 Å². The number of carbonyl (C=O) groups excluding carboxylic acids is 1. The number of urea groups is 1. The van der Waals surface area contributed by atoms with Crippen molar-refractivity contribution in [2.45, 2.75) is 25.2 Å². The van der Waals surface area contributed by atoms with Gasteiger partial charge in [0.15, 0.2) is 0 Å². The van der Waals surface area contributed by atoms with E-state index in [0.717, 1.165) is 17.7 Å². The fraction of sp³-hybridized carbons (Fsp3) is 0.222. The summed E-state index contributed by atoms with van der Waals surface area (Å²) in [6.07, 6.45) is -3.64. The van der Waals surface area contributed by atoms with Gasteiger partial charge in [-0.1, -0.05) is 30.3 Å². The van der Waals surface area contributed by atoms with E-state index in [4.69, 9.17) is 5.41 Å². The molecular formula is C18H16F3N3O2. The molecule has 0 saturated carbocycles. The van der Waals surface area contributed by atoms with Crippen LogP contribution in [-0.2, 0) is 0 Å². The summed E-state index contributed by atoms with van der Waals surface area (Å²) in [5, 5.41) is 10.6. The topological polar surface area (TPSA) is 65.4 Å². The second-order valence-corrected chi connectivity index (χ2v) is 5.78. The number of amidine groups is 1. The van der Waals surface area contributed by atoms with Crippen LogP contribution in [0.5, 0.6) is 5.75 Å². The Bertz CT molecular complexity index is 792. The Hall–Kier alpha value is -3.03. The van der Waals surface area contributed by atoms with Crippen LogP contribution in [0, 0.1) is 5.41 Å². The highest BCUT2D eigenvalue weighted by Crippen LogP contribution is 2.33. The molecule has 1 aliphatic rings. The molecule has 2 aromatic carbocycles. The molecule has 5 nitrogen and oxygen atoms in total. The van der Waals surface area contributed by atoms with Gasteiger partial charge in [0.1, 0.15) is 11.6 Å². The summed E-state index contributed by atoms with van der Waals surface area (Å²) < 4.78 is 40.3. The number of hydrogen-bond donors (Lipinski definition) is 2. The maximum atomic E-state index is 12.6. The Morgan fingerprint density at radius 2 is 1.77 bits per heavy atom. The number of hydrogen-bond acceptors (Lipinski definition) is 3. The maximum Gasteiger partial charge on any atom is 0.573 e. The Kier molecular flexibility index (Phi) is 4.83. The summed E-state index contributed by atoms with van der Waals surface area (Å²) in [7, 11) is 0. The number of halogens is 3. The monoisotopic (exact) mass is 363 g/mol. The average Bonchev–Trinajstić information content (AvgIpc) is 2.98. The number of amides is 2. The Morgan fingerprint density at radius 1 is 1.12 bits per heavy atom. The van der Waals surface area contributed by atoms with E-state index in [1.807, 2.05) is 30.3 Å². The highest BCUT2D eigenvalue weighted by atomic mass is 19.4. The van der Waals surface area contributed by atoms with Crippen LogP contribution < -0.4 is 10.1 Å². The van der Waals surface area contributed by atoms with Gasteiger partial charge in [-0.2, -0.15) is 0 Å². The van der Waals surface area contributed by atoms with E-state index in [-0.39, 0.29) is 17.6 Å². The van der Waals surface area contributed by atoms with E-state index >= 15 is 0 Å². The summed E-state index contributed by atoms with van der Waals surface area (Å²) in [5.74, 6) is -0.167. The number of carbonyl (C=O) groups is 1. The number of likely N-dealkylation sites (tertiary alicyclic amines) is 1. The number of anilines is 1. The van der Waals surface area contributed by atoms with Crippen molar-refractivity contribution >= 4 is 17.6 Å². The molecule has 0 bridgehead atoms. The molecule has 2 N–H and O–H groups in total. The number of benzene rings is 2. The van der Waals surface area contributed by atoms with Crippen molar-refractivity contribution in [3.8, 4) is 5.75 Å². The Labute approximate surface area is 147 Å². The minimum atomic E-state index is -4.77. The molecule has 2 amide bonds. The van der Waals surface area contributed by atoms with Gasteiger partial charge in [0.2, 0.25) is 0 Å². The van der Waals surface area contributed by atoms with Gasteiger partial charge < -0.3 is 10.1 Å². The number of rotatable bonds is 3. The van der Waals surface area contributed by atoms with Gasteiger partial charge in [-0.05, 0) is 36.2 Å². The largest absolute Gasteiger partial charge is 0.573 e. The lowest BCUT2D eigenvalue weighted by Crippen LogP contribution is -2.37. The second kappa shape index (κ2) is 7.07. The summed E-state index contributed by atoms with van der Waals surface area (Å²) in [6, 6.07) is 13.5. The Morgan fingerprint density at radius 3 is 2.38 bits per heavy atom. The van der Waals surface area contributed by atoms with E-state index in [0.29, 0.717) is 18.5 Å². The van der Waals surface area contributed by atoms with Gasteiger partial charge in [0, 0.05) is 12.1 Å². The minimum Gasteiger partial charge on any atom is -0.406 e. The minimum absolute atomic E-state index is 0.202. The number of ether oxygens (including phenoxy) is 1. The van der Waals surface area contributed by atoms with E-state index in [1.165, 1.54) is 17.0 Å². The van der Waals surface area contributed by atoms with Gasteiger partial charge in [0.25, 0.3) is 0 Å². The zero-order valence-electron chi connectivity index (χ0n) is 13.6. The molecule has 0 spiro atoms. The van der Waals surface area contributed by atoms with Crippen LogP contribution in [0.15, 0.2) is 54.6 Å². The van der Waals surface area contributed by atoms with Crippen molar-refractivity contribution in [2.24, 2.45) is 0 Å². The first-order valence-electron chi connectivity index (χ1n) is 7.92. The van der Waals surface area contributed by atoms with Crippen molar-refractivity contribution in [1.29, 1.82) is 5.41 Å². The third kappa shape index (κ3) is 4.14. The predicted octanol–water partition coefficient (Wildman–Crippen LogP) is 4.93. The average molecular weight is 363 g/mol. The smallest absolute Gasteiger partial charge is 0.406 e. The molecule has 1 aliphatic heterocycles. The van der Waals surface area contributed by atoms with Crippen LogP contribution >= 0.6 is 0 Å². The first kappa shape index (κ1) is 17.8. The zero-order chi connectivity index (χ0) is 18.7. The summed E-state index contributed by atoms with van der Waals surface area (Å²) in [4.78, 5) is 14.0. The third-order valence-corrected chi connectivity index (χ3v) is 4.00. The van der Waals surface area contributed by atoms with Crippen LogP contribution in [0.2, 0.25) is 0 Å². The van der Waals surface area contributed by atoms with Gasteiger partial charge in [-0.15, -0.1) is 13.2 Å². The SMILES string of the molecule is N=C1CC[C@@H](c2ccccc2)N1C(=O)Nc1ccc(OC(F)(F)F)cc1. The molecule has 2 aromatic rings. The van der Waals surface area contributed by atoms with Gasteiger partial charge in [0.05, 0.1) is 6.04 Å². The van der Waals surface area contributed by atoms with Crippen LogP contribution in [0.25, 0.3) is 0 Å². The van der Waals surface area contributed by atoms with Crippen LogP contribution in [0.3, 0.4) is 0 Å². The van der Waals surface area contributed by atoms with Crippen LogP contribution in [0.4, 0.5) is 23.7 Å². The van der Waals surface area contributed by atoms with Crippen LogP contribution in [-0.4, -0.2) is 23.1 Å². The van der Waals surface area contributed by atoms with Gasteiger partial charge >= 0.3 is 12.4 Å². The summed E-state index contributed by atoms with van der Waals surface area (Å²) in [6.45, 7) is 0. The highest BCUT2D eigenvalue weighted by molar-refractivity contribution is 6.03. The van der Waals surface area contributed by atoms with E-state index in [9.17, 15) is 18.0 Å². The zero-order valence-corrected chi connectivity index (χ0v) is 13.6. The molecule has 0 unspecified atom stereocenters. The molecule has 0 aromatic heterocycles. The normalized spacial score (nSPS) is 17.3. The molecule has 1 saturated heterocycles. The molecule has 8 heteroatoms. The lowest BCUT2D eigenvalue weighted by Gasteiger charge is -2.25. The van der Waals surface area contributed by atoms with Crippen molar-refractivity contribution in [2.75, 3.05) is 5.32 Å². The van der Waals surface area contributed by atoms with Crippen molar-refractivity contribution in [3.05, 3.63) is 60.2 Å². The molecule has 1 fully saturated rings. The molecule has 0 radical (unpaired) electrons. The number of alkyl halides is 3. The van der Waals surface area contributed by atoms with Crippen molar-refractivity contribution in [3.63, 3.8) is 0 Å². The van der Waals surface area contributed by atoms with E-state index in [1.54, 1.807) is 0 Å². The van der Waals surface area contributed by atoms with Gasteiger partial charge in [-0.25, -0.2) is 4.79 Å². The summed E-state index contributed by atoms with van der Waals surface area (Å²) in [5.41, 5.74) is 1.25. The molecule has 136 valence electrons. The fourth-order valence-electron chi connectivity index (χ4n) is 2.89. The molecule has 26 heavy (non-hydrogen) atoms. The van der Waals surface area contributed by atoms with E-state index < -0.39 is 12.4 Å². The molecule has 3 rings (SSSR count).